The molecule has 4 rings (SSSR count). The van der Waals surface area contributed by atoms with Gasteiger partial charge in [-0.05, 0) is 42.5 Å². The number of amides is 1. The van der Waals surface area contributed by atoms with Gasteiger partial charge in [-0.15, -0.1) is 10.2 Å². The summed E-state index contributed by atoms with van der Waals surface area (Å²) >= 11 is 7.28. The number of thioether (sulfide) groups is 1. The van der Waals surface area contributed by atoms with Crippen LogP contribution in [-0.4, -0.2) is 42.7 Å². The smallest absolute Gasteiger partial charge is 0.253 e. The van der Waals surface area contributed by atoms with Crippen molar-refractivity contribution in [2.75, 3.05) is 12.3 Å². The molecule has 4 aromatic rings. The third kappa shape index (κ3) is 5.50. The van der Waals surface area contributed by atoms with Crippen molar-refractivity contribution >= 4 is 29.3 Å². The van der Waals surface area contributed by atoms with Gasteiger partial charge in [0.2, 0.25) is 0 Å². The number of halogens is 2. The van der Waals surface area contributed by atoms with Gasteiger partial charge in [0.1, 0.15) is 11.6 Å². The predicted molar refractivity (Wildman–Crippen MR) is 127 cm³/mol. The van der Waals surface area contributed by atoms with Crippen LogP contribution in [0.4, 0.5) is 4.39 Å². The van der Waals surface area contributed by atoms with Crippen molar-refractivity contribution < 1.29 is 9.18 Å². The maximum Gasteiger partial charge on any atom is 0.253 e. The molecule has 0 aliphatic heterocycles. The lowest BCUT2D eigenvalue weighted by Gasteiger charge is -2.12. The Morgan fingerprint density at radius 3 is 2.64 bits per heavy atom. The summed E-state index contributed by atoms with van der Waals surface area (Å²) in [6.45, 7) is 4.03. The maximum atomic E-state index is 13.4. The van der Waals surface area contributed by atoms with E-state index in [2.05, 4.69) is 27.2 Å². The Labute approximate surface area is 199 Å². The molecule has 0 radical (unpaired) electrons. The zero-order valence-corrected chi connectivity index (χ0v) is 19.1. The minimum Gasteiger partial charge on any atom is -0.352 e. The highest BCUT2D eigenvalue weighted by Gasteiger charge is 2.16. The maximum absolute atomic E-state index is 13.4. The van der Waals surface area contributed by atoms with E-state index in [0.717, 1.165) is 5.69 Å². The van der Waals surface area contributed by atoms with Crippen molar-refractivity contribution in [1.82, 2.24) is 29.9 Å². The summed E-state index contributed by atoms with van der Waals surface area (Å²) in [5.41, 5.74) is 1.92. The molecule has 0 aliphatic carbocycles. The lowest BCUT2D eigenvalue weighted by Crippen LogP contribution is -2.27. The Balaban J connectivity index is 1.50. The molecular formula is C23H20ClFN6OS. The van der Waals surface area contributed by atoms with E-state index in [1.165, 1.54) is 23.9 Å². The highest BCUT2D eigenvalue weighted by Crippen LogP contribution is 2.24. The Kier molecular flexibility index (Phi) is 7.21. The van der Waals surface area contributed by atoms with Gasteiger partial charge in [-0.25, -0.2) is 9.07 Å². The molecule has 7 nitrogen and oxygen atoms in total. The van der Waals surface area contributed by atoms with Crippen molar-refractivity contribution in [3.63, 3.8) is 0 Å². The zero-order chi connectivity index (χ0) is 23.2. The van der Waals surface area contributed by atoms with Crippen LogP contribution in [0.2, 0.25) is 0 Å². The summed E-state index contributed by atoms with van der Waals surface area (Å²) in [5.74, 6) is 0.536. The quantitative estimate of drug-likeness (QED) is 0.357. The van der Waals surface area contributed by atoms with Crippen LogP contribution in [0.5, 0.6) is 0 Å². The van der Waals surface area contributed by atoms with Crippen molar-refractivity contribution in [3.05, 3.63) is 95.8 Å². The second-order valence-electron chi connectivity index (χ2n) is 6.99. The van der Waals surface area contributed by atoms with Gasteiger partial charge in [-0.3, -0.25) is 9.36 Å². The predicted octanol–water partition coefficient (Wildman–Crippen LogP) is 4.41. The van der Waals surface area contributed by atoms with Crippen molar-refractivity contribution in [1.29, 1.82) is 0 Å². The third-order valence-electron chi connectivity index (χ3n) is 4.68. The summed E-state index contributed by atoms with van der Waals surface area (Å²) in [6, 6.07) is 15.1. The average Bonchev–Trinajstić information content (AvgIpc) is 3.49. The van der Waals surface area contributed by atoms with Crippen LogP contribution >= 0.6 is 23.4 Å². The first kappa shape index (κ1) is 22.8. The SMILES string of the molecule is C=C(Cl)CSc1nnc(CCNC(=O)c2ccccc2-n2cccn2)n1-c1ccc(F)cc1. The summed E-state index contributed by atoms with van der Waals surface area (Å²) in [4.78, 5) is 12.9. The minimum atomic E-state index is -0.333. The van der Waals surface area contributed by atoms with Gasteiger partial charge < -0.3 is 5.32 Å². The molecule has 1 N–H and O–H groups in total. The first-order chi connectivity index (χ1) is 16.0. The topological polar surface area (TPSA) is 77.6 Å². The second kappa shape index (κ2) is 10.5. The molecule has 0 spiro atoms. The number of carbonyl (C=O) groups excluding carboxylic acids is 1. The van der Waals surface area contributed by atoms with E-state index in [1.54, 1.807) is 47.4 Å². The van der Waals surface area contributed by atoms with E-state index < -0.39 is 0 Å². The van der Waals surface area contributed by atoms with E-state index in [-0.39, 0.29) is 11.7 Å². The van der Waals surface area contributed by atoms with Crippen LogP contribution < -0.4 is 5.32 Å². The Morgan fingerprint density at radius 2 is 1.91 bits per heavy atom. The summed E-state index contributed by atoms with van der Waals surface area (Å²) < 4.78 is 16.9. The number of hydrogen-bond donors (Lipinski definition) is 1. The lowest BCUT2D eigenvalue weighted by atomic mass is 10.1. The molecule has 0 fully saturated rings. The summed E-state index contributed by atoms with van der Waals surface area (Å²) in [6.07, 6.45) is 3.86. The molecule has 1 amide bonds. The first-order valence-corrected chi connectivity index (χ1v) is 11.4. The molecule has 10 heteroatoms. The number of benzene rings is 2. The van der Waals surface area contributed by atoms with Crippen molar-refractivity contribution in [2.45, 2.75) is 11.6 Å². The van der Waals surface area contributed by atoms with E-state index in [4.69, 9.17) is 11.6 Å². The highest BCUT2D eigenvalue weighted by atomic mass is 35.5. The molecule has 2 aromatic carbocycles. The van der Waals surface area contributed by atoms with Crippen molar-refractivity contribution in [2.24, 2.45) is 0 Å². The first-order valence-electron chi connectivity index (χ1n) is 10.1. The number of nitrogens with one attached hydrogen (secondary N) is 1. The Morgan fingerprint density at radius 1 is 1.12 bits per heavy atom. The van der Waals surface area contributed by atoms with Gasteiger partial charge in [0.05, 0.1) is 11.3 Å². The number of aromatic nitrogens is 5. The second-order valence-corrected chi connectivity index (χ2v) is 8.47. The molecular weight excluding hydrogens is 463 g/mol. The molecule has 168 valence electrons. The number of hydrogen-bond acceptors (Lipinski definition) is 5. The van der Waals surface area contributed by atoms with Gasteiger partial charge in [-0.1, -0.05) is 42.1 Å². The van der Waals surface area contributed by atoms with Gasteiger partial charge in [0.25, 0.3) is 5.91 Å². The fourth-order valence-corrected chi connectivity index (χ4v) is 4.10. The molecule has 0 atom stereocenters. The van der Waals surface area contributed by atoms with Crippen LogP contribution in [0.25, 0.3) is 11.4 Å². The number of carbonyl (C=O) groups is 1. The van der Waals surface area contributed by atoms with Gasteiger partial charge in [-0.2, -0.15) is 5.10 Å². The summed E-state index contributed by atoms with van der Waals surface area (Å²) in [7, 11) is 0. The van der Waals surface area contributed by atoms with Crippen molar-refractivity contribution in [3.8, 4) is 11.4 Å². The molecule has 2 heterocycles. The van der Waals surface area contributed by atoms with E-state index in [1.807, 2.05) is 16.7 Å². The van der Waals surface area contributed by atoms with Gasteiger partial charge in [0, 0.05) is 41.8 Å². The van der Waals surface area contributed by atoms with Crippen LogP contribution in [0.3, 0.4) is 0 Å². The minimum absolute atomic E-state index is 0.220. The largest absolute Gasteiger partial charge is 0.352 e. The molecule has 2 aromatic heterocycles. The third-order valence-corrected chi connectivity index (χ3v) is 5.98. The standard InChI is InChI=1S/C23H20ClFN6OS/c1-16(24)15-33-23-29-28-21(31(23)18-9-7-17(25)8-10-18)11-13-26-22(32)19-5-2-3-6-20(19)30-14-4-12-27-30/h2-10,12,14H,1,11,13,15H2,(H,26,32). The van der Waals surface area contributed by atoms with Crippen LogP contribution in [0, 0.1) is 5.82 Å². The number of nitrogens with zero attached hydrogens (tertiary/aromatic N) is 5. The molecule has 0 saturated carbocycles. The summed E-state index contributed by atoms with van der Waals surface area (Å²) in [5, 5.41) is 16.8. The number of para-hydroxylation sites is 1. The number of rotatable bonds is 9. The molecule has 0 bridgehead atoms. The zero-order valence-electron chi connectivity index (χ0n) is 17.5. The monoisotopic (exact) mass is 482 g/mol. The molecule has 0 aliphatic rings. The van der Waals surface area contributed by atoms with Gasteiger partial charge in [0.15, 0.2) is 5.16 Å². The van der Waals surface area contributed by atoms with Crippen LogP contribution in [-0.2, 0) is 6.42 Å². The molecule has 0 saturated heterocycles. The van der Waals surface area contributed by atoms with E-state index in [9.17, 15) is 9.18 Å². The van der Waals surface area contributed by atoms with Gasteiger partial charge >= 0.3 is 0 Å². The fourth-order valence-electron chi connectivity index (χ4n) is 3.21. The Bertz CT molecular complexity index is 1260. The average molecular weight is 483 g/mol. The molecule has 33 heavy (non-hydrogen) atoms. The van der Waals surface area contributed by atoms with Crippen LogP contribution in [0.15, 0.2) is 83.8 Å². The Hall–Kier alpha value is -3.43. The highest BCUT2D eigenvalue weighted by molar-refractivity contribution is 7.99. The molecule has 0 unspecified atom stereocenters. The lowest BCUT2D eigenvalue weighted by molar-refractivity contribution is 0.0953. The van der Waals surface area contributed by atoms with E-state index >= 15 is 0 Å². The fraction of sp³-hybridized carbons (Fsp3) is 0.130. The van der Waals surface area contributed by atoms with E-state index in [0.29, 0.717) is 46.0 Å². The van der Waals surface area contributed by atoms with Crippen LogP contribution in [0.1, 0.15) is 16.2 Å². The normalized spacial score (nSPS) is 10.8.